The molecule has 1 aliphatic carbocycles. The molecule has 1 rings (SSSR count). The van der Waals surface area contributed by atoms with Gasteiger partial charge in [0.25, 0.3) is 0 Å². The number of allylic oxidation sites excluding steroid dienone is 4. The van der Waals surface area contributed by atoms with Crippen LogP contribution < -0.4 is 0 Å². The van der Waals surface area contributed by atoms with Gasteiger partial charge in [-0.15, -0.1) is 0 Å². The van der Waals surface area contributed by atoms with E-state index >= 15 is 0 Å². The van der Waals surface area contributed by atoms with Crippen molar-refractivity contribution in [2.45, 2.75) is 52.2 Å². The number of unbranched alkanes of at least 4 members (excludes halogenated alkanes) is 1. The van der Waals surface area contributed by atoms with E-state index in [1.807, 2.05) is 7.11 Å². The van der Waals surface area contributed by atoms with Crippen molar-refractivity contribution in [1.82, 2.24) is 0 Å². The van der Waals surface area contributed by atoms with E-state index in [1.54, 1.807) is 5.20 Å². The lowest BCUT2D eigenvalue weighted by molar-refractivity contribution is 0.270. The van der Waals surface area contributed by atoms with E-state index in [0.29, 0.717) is 5.92 Å². The highest BCUT2D eigenvalue weighted by atomic mass is 28.3. The summed E-state index contributed by atoms with van der Waals surface area (Å²) in [5.74, 6) is 1.93. The summed E-state index contributed by atoms with van der Waals surface area (Å²) in [6.45, 7) is 9.46. The van der Waals surface area contributed by atoms with E-state index < -0.39 is 8.07 Å². The first-order valence-corrected chi connectivity index (χ1v) is 9.95. The highest BCUT2D eigenvalue weighted by Crippen LogP contribution is 2.37. The van der Waals surface area contributed by atoms with Crippen LogP contribution in [0.1, 0.15) is 32.6 Å². The summed E-state index contributed by atoms with van der Waals surface area (Å²) >= 11 is 0. The van der Waals surface area contributed by atoms with Crippen molar-refractivity contribution in [2.24, 2.45) is 5.92 Å². The fourth-order valence-electron chi connectivity index (χ4n) is 1.75. The zero-order chi connectivity index (χ0) is 12.2. The smallest absolute Gasteiger partial charge is 0.0984 e. The highest BCUT2D eigenvalue weighted by molar-refractivity contribution is 6.83. The number of hydrogen-bond donors (Lipinski definition) is 0. The van der Waals surface area contributed by atoms with Gasteiger partial charge in [-0.3, -0.25) is 0 Å². The zero-order valence-electron chi connectivity index (χ0n) is 11.5. The predicted octanol–water partition coefficient (Wildman–Crippen LogP) is 4.53. The quantitative estimate of drug-likeness (QED) is 0.375. The van der Waals surface area contributed by atoms with Crippen LogP contribution in [0.25, 0.3) is 0 Å². The van der Waals surface area contributed by atoms with Gasteiger partial charge in [-0.05, 0) is 25.3 Å². The molecule has 1 saturated carbocycles. The van der Waals surface area contributed by atoms with Gasteiger partial charge in [0.2, 0.25) is 0 Å². The van der Waals surface area contributed by atoms with Gasteiger partial charge in [-0.1, -0.05) is 44.3 Å². The molecule has 0 amide bonds. The van der Waals surface area contributed by atoms with Crippen molar-refractivity contribution in [1.29, 1.82) is 0 Å². The minimum Gasteiger partial charge on any atom is -0.501 e. The lowest BCUT2D eigenvalue weighted by Gasteiger charge is -2.19. The molecule has 0 aromatic heterocycles. The molecule has 2 heteroatoms. The number of rotatable bonds is 6. The second-order valence-corrected chi connectivity index (χ2v) is 10.8. The summed E-state index contributed by atoms with van der Waals surface area (Å²) in [5, 5.41) is 1.55. The Morgan fingerprint density at radius 3 is 2.31 bits per heavy atom. The first kappa shape index (κ1) is 13.6. The van der Waals surface area contributed by atoms with E-state index in [0.717, 1.165) is 0 Å². The molecule has 0 N–H and O–H groups in total. The molecule has 0 heterocycles. The molecule has 1 nitrogen and oxygen atoms in total. The Morgan fingerprint density at radius 2 is 1.94 bits per heavy atom. The zero-order valence-corrected chi connectivity index (χ0v) is 12.5. The summed E-state index contributed by atoms with van der Waals surface area (Å²) in [6, 6.07) is 0. The fraction of sp³-hybridized carbons (Fsp3) is 0.714. The van der Waals surface area contributed by atoms with Gasteiger partial charge in [0, 0.05) is 5.92 Å². The van der Waals surface area contributed by atoms with Crippen LogP contribution in [0.5, 0.6) is 0 Å². The molecule has 1 aliphatic rings. The largest absolute Gasteiger partial charge is 0.501 e. The van der Waals surface area contributed by atoms with E-state index in [2.05, 4.69) is 38.7 Å². The Morgan fingerprint density at radius 1 is 1.31 bits per heavy atom. The lowest BCUT2D eigenvalue weighted by Crippen LogP contribution is -2.23. The van der Waals surface area contributed by atoms with Crippen molar-refractivity contribution in [3.05, 3.63) is 23.1 Å². The van der Waals surface area contributed by atoms with E-state index in [1.165, 1.54) is 31.4 Å². The first-order chi connectivity index (χ1) is 7.49. The first-order valence-electron chi connectivity index (χ1n) is 6.45. The van der Waals surface area contributed by atoms with Crippen LogP contribution in [0.4, 0.5) is 0 Å². The van der Waals surface area contributed by atoms with Crippen molar-refractivity contribution in [2.75, 3.05) is 7.11 Å². The van der Waals surface area contributed by atoms with E-state index in [4.69, 9.17) is 4.74 Å². The Labute approximate surface area is 102 Å². The Bertz CT molecular complexity index is 280. The van der Waals surface area contributed by atoms with E-state index in [-0.39, 0.29) is 0 Å². The lowest BCUT2D eigenvalue weighted by atomic mass is 10.2. The molecule has 0 saturated heterocycles. The minimum absolute atomic E-state index is 0.714. The van der Waals surface area contributed by atoms with Gasteiger partial charge >= 0.3 is 0 Å². The Balaban J connectivity index is 2.83. The SMILES string of the molecule is CCC/C=C(\C=C(\OC)C1CC1)[Si](C)(C)C. The van der Waals surface area contributed by atoms with Gasteiger partial charge in [0.1, 0.15) is 0 Å². The van der Waals surface area contributed by atoms with Crippen LogP contribution in [-0.2, 0) is 4.74 Å². The summed E-state index contributed by atoms with van der Waals surface area (Å²) in [4.78, 5) is 0. The Kier molecular flexibility index (Phi) is 4.84. The molecular weight excluding hydrogens is 212 g/mol. The van der Waals surface area contributed by atoms with Crippen molar-refractivity contribution in [3.8, 4) is 0 Å². The van der Waals surface area contributed by atoms with Crippen LogP contribution in [0.2, 0.25) is 19.6 Å². The van der Waals surface area contributed by atoms with Crippen LogP contribution in [0, 0.1) is 5.92 Å². The maximum Gasteiger partial charge on any atom is 0.0984 e. The third kappa shape index (κ3) is 4.16. The second kappa shape index (κ2) is 5.71. The van der Waals surface area contributed by atoms with Crippen LogP contribution in [-0.4, -0.2) is 15.2 Å². The molecule has 1 fully saturated rings. The molecular formula is C14H26OSi. The van der Waals surface area contributed by atoms with Crippen LogP contribution in [0.3, 0.4) is 0 Å². The summed E-state index contributed by atoms with van der Waals surface area (Å²) in [6.07, 6.45) is 9.80. The highest BCUT2D eigenvalue weighted by Gasteiger charge is 2.28. The number of methoxy groups -OCH3 is 1. The van der Waals surface area contributed by atoms with Crippen molar-refractivity contribution in [3.63, 3.8) is 0 Å². The predicted molar refractivity (Wildman–Crippen MR) is 74.2 cm³/mol. The van der Waals surface area contributed by atoms with Gasteiger partial charge in [-0.25, -0.2) is 0 Å². The molecule has 0 spiro atoms. The summed E-state index contributed by atoms with van der Waals surface area (Å²) in [5.41, 5.74) is 0. The maximum absolute atomic E-state index is 5.52. The van der Waals surface area contributed by atoms with Gasteiger partial charge < -0.3 is 4.74 Å². The Hall–Kier alpha value is -0.503. The molecule has 0 aromatic carbocycles. The second-order valence-electron chi connectivity index (χ2n) is 5.72. The normalized spacial score (nSPS) is 18.8. The molecule has 0 aliphatic heterocycles. The van der Waals surface area contributed by atoms with Crippen molar-refractivity contribution >= 4 is 8.07 Å². The molecule has 0 aromatic rings. The average molecular weight is 238 g/mol. The van der Waals surface area contributed by atoms with Crippen LogP contribution >= 0.6 is 0 Å². The van der Waals surface area contributed by atoms with Gasteiger partial charge in [-0.2, -0.15) is 0 Å². The molecule has 16 heavy (non-hydrogen) atoms. The average Bonchev–Trinajstić information content (AvgIpc) is 3.00. The fourth-order valence-corrected chi connectivity index (χ4v) is 3.08. The standard InChI is InChI=1S/C14H26OSi/c1-6-7-8-13(16(3,4)5)11-14(15-2)12-9-10-12/h8,11-12H,6-7,9-10H2,1-5H3/b13-8+,14-11+. The maximum atomic E-state index is 5.52. The molecule has 92 valence electrons. The van der Waals surface area contributed by atoms with Gasteiger partial charge in [0.15, 0.2) is 0 Å². The van der Waals surface area contributed by atoms with Crippen LogP contribution in [0.15, 0.2) is 23.1 Å². The number of ether oxygens (including phenoxy) is 1. The molecule has 0 radical (unpaired) electrons. The monoisotopic (exact) mass is 238 g/mol. The third-order valence-electron chi connectivity index (χ3n) is 3.03. The van der Waals surface area contributed by atoms with Crippen molar-refractivity contribution < 1.29 is 4.74 Å². The summed E-state index contributed by atoms with van der Waals surface area (Å²) in [7, 11) is 0.595. The summed E-state index contributed by atoms with van der Waals surface area (Å²) < 4.78 is 5.52. The molecule has 0 bridgehead atoms. The number of hydrogen-bond acceptors (Lipinski definition) is 1. The molecule has 0 unspecified atom stereocenters. The molecule has 0 atom stereocenters. The van der Waals surface area contributed by atoms with E-state index in [9.17, 15) is 0 Å². The topological polar surface area (TPSA) is 9.23 Å². The minimum atomic E-state index is -1.22. The third-order valence-corrected chi connectivity index (χ3v) is 5.11. The van der Waals surface area contributed by atoms with Gasteiger partial charge in [0.05, 0.1) is 20.9 Å².